The van der Waals surface area contributed by atoms with E-state index in [0.29, 0.717) is 18.7 Å². The number of hydrogen-bond donors (Lipinski definition) is 1. The zero-order valence-electron chi connectivity index (χ0n) is 16.3. The second kappa shape index (κ2) is 7.87. The predicted molar refractivity (Wildman–Crippen MR) is 109 cm³/mol. The van der Waals surface area contributed by atoms with Gasteiger partial charge < -0.3 is 14.6 Å². The molecule has 4 rings (SSSR count). The summed E-state index contributed by atoms with van der Waals surface area (Å²) in [4.78, 5) is 2.56. The Morgan fingerprint density at radius 3 is 2.21 bits per heavy atom. The molecular formula is C24H27NO3. The van der Waals surface area contributed by atoms with E-state index in [1.54, 1.807) is 7.11 Å². The molecule has 2 aromatic rings. The standard InChI is InChI=1S/C24H27NO3/c1-3-14-28-23-10-4-18(5-11-23)17-25-20-8-9-21(25)16-24(26,15-20)19-6-12-22(27-2)13-7-19/h1,4-7,10-13,20-21,26H,8-9,14-17H2,2H3/t20-,21-/m0/s1. The Labute approximate surface area is 167 Å². The van der Waals surface area contributed by atoms with Crippen LogP contribution < -0.4 is 9.47 Å². The molecule has 28 heavy (non-hydrogen) atoms. The van der Waals surface area contributed by atoms with E-state index in [-0.39, 0.29) is 0 Å². The molecule has 2 aromatic carbocycles. The number of rotatable bonds is 6. The van der Waals surface area contributed by atoms with Crippen LogP contribution in [0.5, 0.6) is 11.5 Å². The van der Waals surface area contributed by atoms with E-state index in [2.05, 4.69) is 23.0 Å². The van der Waals surface area contributed by atoms with Crippen LogP contribution in [0.15, 0.2) is 48.5 Å². The van der Waals surface area contributed by atoms with Crippen molar-refractivity contribution in [1.29, 1.82) is 0 Å². The van der Waals surface area contributed by atoms with Crippen LogP contribution in [0.2, 0.25) is 0 Å². The van der Waals surface area contributed by atoms with Crippen LogP contribution in [0.25, 0.3) is 0 Å². The molecule has 146 valence electrons. The van der Waals surface area contributed by atoms with Crippen molar-refractivity contribution in [1.82, 2.24) is 4.90 Å². The number of fused-ring (bicyclic) bond motifs is 2. The van der Waals surface area contributed by atoms with Gasteiger partial charge in [-0.15, -0.1) is 6.42 Å². The van der Waals surface area contributed by atoms with Crippen LogP contribution in [0.1, 0.15) is 36.8 Å². The van der Waals surface area contributed by atoms with Crippen molar-refractivity contribution in [3.8, 4) is 23.8 Å². The molecule has 0 radical (unpaired) electrons. The quantitative estimate of drug-likeness (QED) is 0.779. The molecule has 0 spiro atoms. The van der Waals surface area contributed by atoms with Crippen LogP contribution in [-0.4, -0.2) is 35.8 Å². The van der Waals surface area contributed by atoms with Gasteiger partial charge in [0.2, 0.25) is 0 Å². The molecule has 1 N–H and O–H groups in total. The molecule has 0 amide bonds. The maximum atomic E-state index is 11.4. The van der Waals surface area contributed by atoms with Gasteiger partial charge in [0, 0.05) is 18.6 Å². The van der Waals surface area contributed by atoms with Crippen LogP contribution in [-0.2, 0) is 12.1 Å². The Bertz CT molecular complexity index is 824. The van der Waals surface area contributed by atoms with E-state index in [1.807, 2.05) is 36.4 Å². The van der Waals surface area contributed by atoms with E-state index in [9.17, 15) is 5.11 Å². The molecule has 2 atom stereocenters. The van der Waals surface area contributed by atoms with E-state index in [0.717, 1.165) is 49.3 Å². The van der Waals surface area contributed by atoms with E-state index < -0.39 is 5.60 Å². The van der Waals surface area contributed by atoms with Crippen molar-refractivity contribution < 1.29 is 14.6 Å². The number of ether oxygens (including phenoxy) is 2. The van der Waals surface area contributed by atoms with Gasteiger partial charge in [0.05, 0.1) is 12.7 Å². The molecule has 2 saturated heterocycles. The van der Waals surface area contributed by atoms with E-state index in [4.69, 9.17) is 15.9 Å². The summed E-state index contributed by atoms with van der Waals surface area (Å²) in [6.07, 6.45) is 9.08. The smallest absolute Gasteiger partial charge is 0.148 e. The third-order valence-electron chi connectivity index (χ3n) is 6.16. The minimum atomic E-state index is -0.748. The molecule has 4 nitrogen and oxygen atoms in total. The molecule has 0 aliphatic carbocycles. The lowest BCUT2D eigenvalue weighted by molar-refractivity contribution is -0.0595. The molecule has 4 heteroatoms. The molecule has 2 aliphatic heterocycles. The van der Waals surface area contributed by atoms with E-state index >= 15 is 0 Å². The van der Waals surface area contributed by atoms with Crippen molar-refractivity contribution in [3.05, 3.63) is 59.7 Å². The Morgan fingerprint density at radius 2 is 1.64 bits per heavy atom. The first-order valence-electron chi connectivity index (χ1n) is 9.89. The third-order valence-corrected chi connectivity index (χ3v) is 6.16. The molecule has 0 unspecified atom stereocenters. The van der Waals surface area contributed by atoms with Crippen molar-refractivity contribution >= 4 is 0 Å². The lowest BCUT2D eigenvalue weighted by Crippen LogP contribution is -2.49. The van der Waals surface area contributed by atoms with Gasteiger partial charge in [0.25, 0.3) is 0 Å². The van der Waals surface area contributed by atoms with Crippen molar-refractivity contribution in [2.24, 2.45) is 0 Å². The lowest BCUT2D eigenvalue weighted by atomic mass is 9.80. The highest BCUT2D eigenvalue weighted by Crippen LogP contribution is 2.46. The summed E-state index contributed by atoms with van der Waals surface area (Å²) in [6, 6.07) is 16.9. The average molecular weight is 377 g/mol. The first-order valence-corrected chi connectivity index (χ1v) is 9.89. The Hall–Kier alpha value is -2.48. The SMILES string of the molecule is C#CCOc1ccc(CN2[C@H]3CC[C@H]2CC(O)(c2ccc(OC)cc2)C3)cc1. The van der Waals surface area contributed by atoms with Gasteiger partial charge in [-0.3, -0.25) is 4.90 Å². The summed E-state index contributed by atoms with van der Waals surface area (Å²) in [5, 5.41) is 11.4. The lowest BCUT2D eigenvalue weighted by Gasteiger charge is -2.44. The minimum Gasteiger partial charge on any atom is -0.497 e. The average Bonchev–Trinajstić information content (AvgIpc) is 2.97. The maximum Gasteiger partial charge on any atom is 0.148 e. The number of benzene rings is 2. The van der Waals surface area contributed by atoms with Gasteiger partial charge in [0.1, 0.15) is 18.1 Å². The molecule has 2 bridgehead atoms. The van der Waals surface area contributed by atoms with Crippen LogP contribution in [0.3, 0.4) is 0 Å². The fourth-order valence-electron chi connectivity index (χ4n) is 4.74. The highest BCUT2D eigenvalue weighted by molar-refractivity contribution is 5.32. The van der Waals surface area contributed by atoms with Gasteiger partial charge in [-0.05, 0) is 61.1 Å². The second-order valence-corrected chi connectivity index (χ2v) is 7.86. The van der Waals surface area contributed by atoms with Crippen LogP contribution in [0, 0.1) is 12.3 Å². The highest BCUT2D eigenvalue weighted by Gasteiger charge is 2.48. The largest absolute Gasteiger partial charge is 0.497 e. The molecule has 0 aromatic heterocycles. The van der Waals surface area contributed by atoms with Crippen molar-refractivity contribution in [2.45, 2.75) is 49.9 Å². The fourth-order valence-corrected chi connectivity index (χ4v) is 4.74. The number of hydrogen-bond acceptors (Lipinski definition) is 4. The number of piperidine rings is 1. The van der Waals surface area contributed by atoms with E-state index in [1.165, 1.54) is 5.56 Å². The summed E-state index contributed by atoms with van der Waals surface area (Å²) in [5.74, 6) is 4.11. The topological polar surface area (TPSA) is 41.9 Å². The number of terminal acetylenes is 1. The van der Waals surface area contributed by atoms with Crippen molar-refractivity contribution in [2.75, 3.05) is 13.7 Å². The van der Waals surface area contributed by atoms with Crippen molar-refractivity contribution in [3.63, 3.8) is 0 Å². The summed E-state index contributed by atoms with van der Waals surface area (Å²) in [7, 11) is 1.66. The molecule has 2 aliphatic rings. The third kappa shape index (κ3) is 3.73. The maximum absolute atomic E-state index is 11.4. The summed E-state index contributed by atoms with van der Waals surface area (Å²) >= 11 is 0. The zero-order valence-corrected chi connectivity index (χ0v) is 16.3. The minimum absolute atomic E-state index is 0.291. The highest BCUT2D eigenvalue weighted by atomic mass is 16.5. The Kier molecular flexibility index (Phi) is 5.30. The summed E-state index contributed by atoms with van der Waals surface area (Å²) < 4.78 is 10.7. The molecular weight excluding hydrogens is 350 g/mol. The monoisotopic (exact) mass is 377 g/mol. The number of aliphatic hydroxyl groups is 1. The molecule has 2 fully saturated rings. The van der Waals surface area contributed by atoms with Gasteiger partial charge in [-0.1, -0.05) is 30.2 Å². The first kappa shape index (κ1) is 18.9. The number of methoxy groups -OCH3 is 1. The number of nitrogens with zero attached hydrogens (tertiary/aromatic N) is 1. The molecule has 0 saturated carbocycles. The van der Waals surface area contributed by atoms with Crippen LogP contribution in [0.4, 0.5) is 0 Å². The van der Waals surface area contributed by atoms with Gasteiger partial charge in [0.15, 0.2) is 0 Å². The predicted octanol–water partition coefficient (Wildman–Crippen LogP) is 3.72. The normalized spacial score (nSPS) is 26.6. The van der Waals surface area contributed by atoms with Gasteiger partial charge in [-0.2, -0.15) is 0 Å². The van der Waals surface area contributed by atoms with Gasteiger partial charge >= 0.3 is 0 Å². The van der Waals surface area contributed by atoms with Crippen LogP contribution >= 0.6 is 0 Å². The Morgan fingerprint density at radius 1 is 1.04 bits per heavy atom. The first-order chi connectivity index (χ1) is 13.6. The Balaban J connectivity index is 1.44. The summed E-state index contributed by atoms with van der Waals surface area (Å²) in [5.41, 5.74) is 1.52. The fraction of sp³-hybridized carbons (Fsp3) is 0.417. The molecule has 2 heterocycles. The second-order valence-electron chi connectivity index (χ2n) is 7.86. The zero-order chi connectivity index (χ0) is 19.6. The van der Waals surface area contributed by atoms with Gasteiger partial charge in [-0.25, -0.2) is 0 Å². The summed E-state index contributed by atoms with van der Waals surface area (Å²) in [6.45, 7) is 1.20.